The number of rotatable bonds is 4. The van der Waals surface area contributed by atoms with E-state index in [-0.39, 0.29) is 29.8 Å². The van der Waals surface area contributed by atoms with Crippen LogP contribution in [0.5, 0.6) is 0 Å². The van der Waals surface area contributed by atoms with Crippen LogP contribution in [0.2, 0.25) is 0 Å². The number of nitrogens with two attached hydrogens (primary N) is 1. The fourth-order valence-corrected chi connectivity index (χ4v) is 4.37. The van der Waals surface area contributed by atoms with E-state index in [0.717, 1.165) is 0 Å². The number of carbonyl (C=O) groups excluding carboxylic acids is 1. The lowest BCUT2D eigenvalue weighted by atomic mass is 9.89. The van der Waals surface area contributed by atoms with Crippen LogP contribution in [0.4, 0.5) is 0 Å². The van der Waals surface area contributed by atoms with Gasteiger partial charge in [0.15, 0.2) is 0 Å². The summed E-state index contributed by atoms with van der Waals surface area (Å²) >= 11 is 1.42. The second-order valence-corrected chi connectivity index (χ2v) is 7.52. The summed E-state index contributed by atoms with van der Waals surface area (Å²) in [6.07, 6.45) is 1.46. The number of aromatic nitrogens is 2. The van der Waals surface area contributed by atoms with E-state index in [1.54, 1.807) is 6.07 Å². The molecule has 26 heavy (non-hydrogen) atoms. The van der Waals surface area contributed by atoms with E-state index in [0.29, 0.717) is 29.9 Å². The topological polar surface area (TPSA) is 81.2 Å². The van der Waals surface area contributed by atoms with Crippen molar-refractivity contribution in [2.45, 2.75) is 12.5 Å². The smallest absolute Gasteiger partial charge is 0.262 e. The lowest BCUT2D eigenvalue weighted by Gasteiger charge is -2.17. The highest BCUT2D eigenvalue weighted by Gasteiger charge is 2.35. The van der Waals surface area contributed by atoms with Crippen molar-refractivity contribution in [2.24, 2.45) is 11.7 Å². The molecule has 2 atom stereocenters. The molecule has 1 saturated heterocycles. The third kappa shape index (κ3) is 3.04. The SMILES string of the molecule is NC[C@@H]1CN(C(=O)Cn2cnc3sccc3c2=O)C[C@H]1c1ccccc1. The molecule has 0 bridgehead atoms. The minimum atomic E-state index is -0.168. The number of carbonyl (C=O) groups is 1. The zero-order chi connectivity index (χ0) is 18.1. The highest BCUT2D eigenvalue weighted by Crippen LogP contribution is 2.32. The van der Waals surface area contributed by atoms with Crippen molar-refractivity contribution in [3.8, 4) is 0 Å². The quantitative estimate of drug-likeness (QED) is 0.759. The molecule has 1 aliphatic heterocycles. The fraction of sp³-hybridized carbons (Fsp3) is 0.316. The molecule has 0 radical (unpaired) electrons. The number of amides is 1. The summed E-state index contributed by atoms with van der Waals surface area (Å²) in [6.45, 7) is 1.80. The number of nitrogens with zero attached hydrogens (tertiary/aromatic N) is 3. The van der Waals surface area contributed by atoms with Gasteiger partial charge in [-0.3, -0.25) is 14.2 Å². The van der Waals surface area contributed by atoms with E-state index in [9.17, 15) is 9.59 Å². The summed E-state index contributed by atoms with van der Waals surface area (Å²) in [7, 11) is 0. The van der Waals surface area contributed by atoms with Crippen molar-refractivity contribution >= 4 is 27.5 Å². The Hall–Kier alpha value is -2.51. The predicted molar refractivity (Wildman–Crippen MR) is 102 cm³/mol. The molecular formula is C19H20N4O2S. The van der Waals surface area contributed by atoms with E-state index in [4.69, 9.17) is 5.73 Å². The Morgan fingerprint density at radius 3 is 2.81 bits per heavy atom. The monoisotopic (exact) mass is 368 g/mol. The zero-order valence-electron chi connectivity index (χ0n) is 14.2. The number of hydrogen-bond acceptors (Lipinski definition) is 5. The summed E-state index contributed by atoms with van der Waals surface area (Å²) < 4.78 is 1.39. The molecule has 1 aromatic carbocycles. The Labute approximate surface area is 154 Å². The molecule has 0 spiro atoms. The first-order chi connectivity index (χ1) is 12.7. The molecule has 0 saturated carbocycles. The Morgan fingerprint density at radius 2 is 2.04 bits per heavy atom. The van der Waals surface area contributed by atoms with Crippen LogP contribution >= 0.6 is 11.3 Å². The van der Waals surface area contributed by atoms with Crippen LogP contribution in [-0.4, -0.2) is 40.0 Å². The number of thiophene rings is 1. The summed E-state index contributed by atoms with van der Waals surface area (Å²) in [4.78, 5) is 32.1. The van der Waals surface area contributed by atoms with Gasteiger partial charge in [-0.1, -0.05) is 30.3 Å². The van der Waals surface area contributed by atoms with Gasteiger partial charge in [0.05, 0.1) is 11.7 Å². The van der Waals surface area contributed by atoms with Gasteiger partial charge in [-0.2, -0.15) is 0 Å². The Kier molecular flexibility index (Phi) is 4.57. The Morgan fingerprint density at radius 1 is 1.23 bits per heavy atom. The van der Waals surface area contributed by atoms with Gasteiger partial charge in [0.2, 0.25) is 5.91 Å². The van der Waals surface area contributed by atoms with Crippen molar-refractivity contribution in [1.29, 1.82) is 0 Å². The standard InChI is InChI=1S/C19H20N4O2S/c20-8-14-9-22(10-16(14)13-4-2-1-3-5-13)17(24)11-23-12-21-18-15(19(23)25)6-7-26-18/h1-7,12,14,16H,8-11,20H2/t14-,16+/m1/s1. The predicted octanol–water partition coefficient (Wildman–Crippen LogP) is 1.66. The number of fused-ring (bicyclic) bond motifs is 1. The third-order valence-electron chi connectivity index (χ3n) is 5.08. The minimum absolute atomic E-state index is 0.0103. The molecule has 4 rings (SSSR count). The number of benzene rings is 1. The summed E-state index contributed by atoms with van der Waals surface area (Å²) in [5.41, 5.74) is 6.99. The largest absolute Gasteiger partial charge is 0.340 e. The molecule has 1 aliphatic rings. The molecule has 134 valence electrons. The molecule has 1 fully saturated rings. The van der Waals surface area contributed by atoms with Crippen LogP contribution in [0.15, 0.2) is 52.9 Å². The lowest BCUT2D eigenvalue weighted by Crippen LogP contribution is -2.35. The number of hydrogen-bond donors (Lipinski definition) is 1. The van der Waals surface area contributed by atoms with Gasteiger partial charge < -0.3 is 10.6 Å². The lowest BCUT2D eigenvalue weighted by molar-refractivity contribution is -0.131. The maximum absolute atomic E-state index is 12.8. The summed E-state index contributed by atoms with van der Waals surface area (Å²) in [6, 6.07) is 11.9. The van der Waals surface area contributed by atoms with Crippen molar-refractivity contribution in [3.63, 3.8) is 0 Å². The van der Waals surface area contributed by atoms with Crippen molar-refractivity contribution in [1.82, 2.24) is 14.5 Å². The average Bonchev–Trinajstić information content (AvgIpc) is 3.31. The molecule has 2 N–H and O–H groups in total. The van der Waals surface area contributed by atoms with Crippen LogP contribution in [0.25, 0.3) is 10.2 Å². The average molecular weight is 368 g/mol. The summed E-state index contributed by atoms with van der Waals surface area (Å²) in [5, 5.41) is 2.40. The van der Waals surface area contributed by atoms with Crippen molar-refractivity contribution in [3.05, 3.63) is 64.0 Å². The maximum atomic E-state index is 12.8. The fourth-order valence-electron chi connectivity index (χ4n) is 3.64. The highest BCUT2D eigenvalue weighted by atomic mass is 32.1. The van der Waals surface area contributed by atoms with Crippen LogP contribution in [0.3, 0.4) is 0 Å². The van der Waals surface area contributed by atoms with Gasteiger partial charge in [0.25, 0.3) is 5.56 Å². The first-order valence-corrected chi connectivity index (χ1v) is 9.50. The number of likely N-dealkylation sites (tertiary alicyclic amines) is 1. The Balaban J connectivity index is 1.53. The van der Waals surface area contributed by atoms with E-state index in [2.05, 4.69) is 17.1 Å². The minimum Gasteiger partial charge on any atom is -0.340 e. The normalized spacial score (nSPS) is 20.0. The van der Waals surface area contributed by atoms with Crippen molar-refractivity contribution < 1.29 is 4.79 Å². The Bertz CT molecular complexity index is 982. The molecule has 1 amide bonds. The molecule has 0 unspecified atom stereocenters. The first-order valence-electron chi connectivity index (χ1n) is 8.63. The van der Waals surface area contributed by atoms with Crippen LogP contribution in [0, 0.1) is 5.92 Å². The van der Waals surface area contributed by atoms with Crippen molar-refractivity contribution in [2.75, 3.05) is 19.6 Å². The first kappa shape index (κ1) is 16.9. The van der Waals surface area contributed by atoms with Gasteiger partial charge in [-0.25, -0.2) is 4.98 Å². The highest BCUT2D eigenvalue weighted by molar-refractivity contribution is 7.16. The van der Waals surface area contributed by atoms with Crippen LogP contribution in [0.1, 0.15) is 11.5 Å². The maximum Gasteiger partial charge on any atom is 0.262 e. The van der Waals surface area contributed by atoms with E-state index in [1.165, 1.54) is 27.8 Å². The molecule has 7 heteroatoms. The van der Waals surface area contributed by atoms with Gasteiger partial charge in [0, 0.05) is 19.0 Å². The molecular weight excluding hydrogens is 348 g/mol. The van der Waals surface area contributed by atoms with Gasteiger partial charge >= 0.3 is 0 Å². The van der Waals surface area contributed by atoms with E-state index in [1.807, 2.05) is 28.5 Å². The molecule has 2 aromatic heterocycles. The molecule has 3 aromatic rings. The third-order valence-corrected chi connectivity index (χ3v) is 5.90. The van der Waals surface area contributed by atoms with Gasteiger partial charge in [0.1, 0.15) is 11.4 Å². The molecule has 0 aliphatic carbocycles. The molecule has 3 heterocycles. The zero-order valence-corrected chi connectivity index (χ0v) is 15.1. The van der Waals surface area contributed by atoms with Gasteiger partial charge in [-0.15, -0.1) is 11.3 Å². The second-order valence-electron chi connectivity index (χ2n) is 6.63. The van der Waals surface area contributed by atoms with Crippen LogP contribution < -0.4 is 11.3 Å². The van der Waals surface area contributed by atoms with Gasteiger partial charge in [-0.05, 0) is 29.5 Å². The summed E-state index contributed by atoms with van der Waals surface area (Å²) in [5.74, 6) is 0.398. The van der Waals surface area contributed by atoms with E-state index >= 15 is 0 Å². The molecule has 6 nitrogen and oxygen atoms in total. The van der Waals surface area contributed by atoms with Crippen LogP contribution in [-0.2, 0) is 11.3 Å². The second kappa shape index (κ2) is 7.01. The van der Waals surface area contributed by atoms with E-state index < -0.39 is 0 Å².